The third-order valence-corrected chi connectivity index (χ3v) is 5.85. The Morgan fingerprint density at radius 2 is 1.96 bits per heavy atom. The number of hydrogen-bond acceptors (Lipinski definition) is 5. The van der Waals surface area contributed by atoms with Crippen molar-refractivity contribution in [3.05, 3.63) is 29.0 Å². The summed E-state index contributed by atoms with van der Waals surface area (Å²) < 4.78 is 3.91. The molecule has 0 aromatic carbocycles. The predicted octanol–water partition coefficient (Wildman–Crippen LogP) is 4.03. The summed E-state index contributed by atoms with van der Waals surface area (Å²) in [6.45, 7) is 9.40. The summed E-state index contributed by atoms with van der Waals surface area (Å²) in [4.78, 5) is 9.79. The van der Waals surface area contributed by atoms with Crippen molar-refractivity contribution in [2.75, 3.05) is 5.32 Å². The predicted molar refractivity (Wildman–Crippen MR) is 107 cm³/mol. The molecule has 0 aliphatic heterocycles. The monoisotopic (exact) mass is 367 g/mol. The summed E-state index contributed by atoms with van der Waals surface area (Å²) in [6.07, 6.45) is 6.76. The largest absolute Gasteiger partial charge is 0.363 e. The molecule has 0 unspecified atom stereocenters. The summed E-state index contributed by atoms with van der Waals surface area (Å²) in [5, 5.41) is 13.7. The van der Waals surface area contributed by atoms with Crippen molar-refractivity contribution in [2.24, 2.45) is 7.05 Å². The number of aryl methyl sites for hydroxylation is 3. The molecule has 3 heterocycles. The minimum atomic E-state index is 0.111. The van der Waals surface area contributed by atoms with Crippen LogP contribution in [0.3, 0.4) is 0 Å². The Morgan fingerprint density at radius 3 is 2.63 bits per heavy atom. The maximum absolute atomic E-state index is 4.95. The first-order valence-electron chi connectivity index (χ1n) is 9.99. The fourth-order valence-electron chi connectivity index (χ4n) is 4.44. The van der Waals surface area contributed by atoms with Crippen LogP contribution in [0.5, 0.6) is 0 Å². The highest BCUT2D eigenvalue weighted by molar-refractivity contribution is 5.86. The number of rotatable bonds is 5. The van der Waals surface area contributed by atoms with E-state index in [4.69, 9.17) is 9.97 Å². The molecule has 1 saturated carbocycles. The van der Waals surface area contributed by atoms with E-state index < -0.39 is 0 Å². The summed E-state index contributed by atoms with van der Waals surface area (Å²) in [7, 11) is 1.94. The lowest BCUT2D eigenvalue weighted by Gasteiger charge is -2.18. The molecule has 0 radical (unpaired) electrons. The second-order valence-electron chi connectivity index (χ2n) is 7.68. The zero-order valence-corrected chi connectivity index (χ0v) is 17.0. The molecule has 0 spiro atoms. The Morgan fingerprint density at radius 1 is 1.22 bits per heavy atom. The molecule has 4 rings (SSSR count). The molecular weight excluding hydrogens is 338 g/mol. The van der Waals surface area contributed by atoms with Crippen LogP contribution in [0.15, 0.2) is 6.20 Å². The van der Waals surface area contributed by atoms with Crippen LogP contribution < -0.4 is 5.32 Å². The third kappa shape index (κ3) is 3.09. The molecular formula is C20H29N7. The number of nitrogens with one attached hydrogen (secondary N) is 1. The Balaban J connectivity index is 1.73. The van der Waals surface area contributed by atoms with Gasteiger partial charge in [-0.25, -0.2) is 9.97 Å². The van der Waals surface area contributed by atoms with E-state index in [-0.39, 0.29) is 6.04 Å². The van der Waals surface area contributed by atoms with Crippen LogP contribution in [0, 0.1) is 13.8 Å². The molecule has 1 fully saturated rings. The molecule has 0 amide bonds. The Kier molecular flexibility index (Phi) is 4.61. The summed E-state index contributed by atoms with van der Waals surface area (Å²) in [5.74, 6) is 2.30. The van der Waals surface area contributed by atoms with Gasteiger partial charge in [0.25, 0.3) is 0 Å². The Labute approximate surface area is 160 Å². The highest BCUT2D eigenvalue weighted by Crippen LogP contribution is 2.35. The average molecular weight is 368 g/mol. The number of nitrogens with zero attached hydrogens (tertiary/aromatic N) is 6. The van der Waals surface area contributed by atoms with Gasteiger partial charge in [0, 0.05) is 30.8 Å². The van der Waals surface area contributed by atoms with Gasteiger partial charge < -0.3 is 5.32 Å². The lowest BCUT2D eigenvalue weighted by Crippen LogP contribution is -2.13. The van der Waals surface area contributed by atoms with Gasteiger partial charge in [0.2, 0.25) is 0 Å². The van der Waals surface area contributed by atoms with Gasteiger partial charge in [-0.2, -0.15) is 10.2 Å². The van der Waals surface area contributed by atoms with E-state index in [0.717, 1.165) is 34.9 Å². The van der Waals surface area contributed by atoms with Gasteiger partial charge in [-0.1, -0.05) is 12.8 Å². The van der Waals surface area contributed by atoms with Gasteiger partial charge >= 0.3 is 0 Å². The van der Waals surface area contributed by atoms with Crippen LogP contribution in [0.2, 0.25) is 0 Å². The number of hydrogen-bond donors (Lipinski definition) is 1. The third-order valence-electron chi connectivity index (χ3n) is 5.85. The van der Waals surface area contributed by atoms with Gasteiger partial charge in [0.05, 0.1) is 23.3 Å². The summed E-state index contributed by atoms with van der Waals surface area (Å²) >= 11 is 0. The van der Waals surface area contributed by atoms with Crippen LogP contribution >= 0.6 is 0 Å². The molecule has 1 N–H and O–H groups in total. The van der Waals surface area contributed by atoms with Crippen molar-refractivity contribution < 1.29 is 0 Å². The van der Waals surface area contributed by atoms with Crippen molar-refractivity contribution in [3.63, 3.8) is 0 Å². The van der Waals surface area contributed by atoms with Crippen molar-refractivity contribution in [1.29, 1.82) is 0 Å². The van der Waals surface area contributed by atoms with E-state index in [9.17, 15) is 0 Å². The van der Waals surface area contributed by atoms with Gasteiger partial charge in [-0.3, -0.25) is 9.36 Å². The molecule has 1 aliphatic rings. The van der Waals surface area contributed by atoms with Crippen LogP contribution in [-0.2, 0) is 13.6 Å². The molecule has 1 atom stereocenters. The molecule has 0 bridgehead atoms. The topological polar surface area (TPSA) is 73.5 Å². The first-order chi connectivity index (χ1) is 13.0. The van der Waals surface area contributed by atoms with Crippen molar-refractivity contribution in [1.82, 2.24) is 29.5 Å². The van der Waals surface area contributed by atoms with Gasteiger partial charge in [-0.15, -0.1) is 0 Å². The van der Waals surface area contributed by atoms with Gasteiger partial charge in [0.15, 0.2) is 5.65 Å². The molecule has 1 aliphatic carbocycles. The number of fused-ring (bicyclic) bond motifs is 1. The first-order valence-corrected chi connectivity index (χ1v) is 9.99. The van der Waals surface area contributed by atoms with E-state index in [1.807, 2.05) is 17.9 Å². The molecule has 27 heavy (non-hydrogen) atoms. The minimum Gasteiger partial charge on any atom is -0.363 e. The Bertz CT molecular complexity index is 963. The lowest BCUT2D eigenvalue weighted by atomic mass is 10.1. The zero-order valence-electron chi connectivity index (χ0n) is 17.0. The zero-order chi connectivity index (χ0) is 19.1. The second-order valence-corrected chi connectivity index (χ2v) is 7.68. The van der Waals surface area contributed by atoms with Gasteiger partial charge in [0.1, 0.15) is 11.6 Å². The smallest absolute Gasteiger partial charge is 0.163 e. The standard InChI is InChI=1S/C20H29N7/c1-6-27-14(4)17(13(3)25-27)12(2)22-19-16-11-21-26(5)20(16)24-18(23-19)15-9-7-8-10-15/h11-12,15H,6-10H2,1-5H3,(H,22,23,24)/t12-/m0/s1. The number of anilines is 1. The maximum Gasteiger partial charge on any atom is 0.163 e. The molecule has 3 aromatic rings. The molecule has 144 valence electrons. The summed E-state index contributed by atoms with van der Waals surface area (Å²) in [5.41, 5.74) is 4.43. The van der Waals surface area contributed by atoms with Crippen LogP contribution in [-0.4, -0.2) is 29.5 Å². The quantitative estimate of drug-likeness (QED) is 0.737. The fourth-order valence-corrected chi connectivity index (χ4v) is 4.44. The van der Waals surface area contributed by atoms with E-state index in [2.05, 4.69) is 47.9 Å². The van der Waals surface area contributed by atoms with Crippen molar-refractivity contribution in [2.45, 2.75) is 71.9 Å². The summed E-state index contributed by atoms with van der Waals surface area (Å²) in [6, 6.07) is 0.111. The Hall–Kier alpha value is -2.44. The maximum atomic E-state index is 4.95. The lowest BCUT2D eigenvalue weighted by molar-refractivity contribution is 0.632. The van der Waals surface area contributed by atoms with Crippen LogP contribution in [0.25, 0.3) is 11.0 Å². The highest BCUT2D eigenvalue weighted by Gasteiger charge is 2.24. The molecule has 0 saturated heterocycles. The SMILES string of the molecule is CCn1nc(C)c([C@H](C)Nc2nc(C3CCCC3)nc3c2cnn3C)c1C. The van der Waals surface area contributed by atoms with Crippen LogP contribution in [0.1, 0.15) is 74.3 Å². The average Bonchev–Trinajstić information content (AvgIpc) is 3.35. The van der Waals surface area contributed by atoms with Crippen molar-refractivity contribution >= 4 is 16.9 Å². The number of aromatic nitrogens is 6. The van der Waals surface area contributed by atoms with E-state index in [1.165, 1.54) is 36.9 Å². The first kappa shape index (κ1) is 17.9. The normalized spacial score (nSPS) is 16.3. The molecule has 7 heteroatoms. The van der Waals surface area contributed by atoms with E-state index in [1.54, 1.807) is 0 Å². The fraction of sp³-hybridized carbons (Fsp3) is 0.600. The van der Waals surface area contributed by atoms with Crippen LogP contribution in [0.4, 0.5) is 5.82 Å². The molecule has 7 nitrogen and oxygen atoms in total. The second kappa shape index (κ2) is 6.94. The van der Waals surface area contributed by atoms with E-state index >= 15 is 0 Å². The highest BCUT2D eigenvalue weighted by atomic mass is 15.3. The van der Waals surface area contributed by atoms with Crippen molar-refractivity contribution in [3.8, 4) is 0 Å². The van der Waals surface area contributed by atoms with Gasteiger partial charge in [-0.05, 0) is 40.5 Å². The van der Waals surface area contributed by atoms with E-state index in [0.29, 0.717) is 5.92 Å². The molecule has 3 aromatic heterocycles. The minimum absolute atomic E-state index is 0.111.